The first-order valence-electron chi connectivity index (χ1n) is 6.75. The van der Waals surface area contributed by atoms with Gasteiger partial charge < -0.3 is 4.74 Å². The SMILES string of the molecule is CCC1(C)OC(c2ccc(Cl)cc2)=Nc2ccccc21. The Morgan fingerprint density at radius 3 is 2.50 bits per heavy atom. The van der Waals surface area contributed by atoms with E-state index in [9.17, 15) is 0 Å². The molecule has 1 atom stereocenters. The average Bonchev–Trinajstić information content (AvgIpc) is 2.48. The number of rotatable bonds is 2. The maximum atomic E-state index is 6.18. The third-order valence-corrected chi connectivity index (χ3v) is 4.04. The molecule has 0 bridgehead atoms. The Balaban J connectivity index is 2.11. The predicted octanol–water partition coefficient (Wildman–Crippen LogP) is 5.07. The van der Waals surface area contributed by atoms with Gasteiger partial charge in [-0.3, -0.25) is 0 Å². The Hall–Kier alpha value is -1.80. The third-order valence-electron chi connectivity index (χ3n) is 3.78. The van der Waals surface area contributed by atoms with Crippen molar-refractivity contribution in [1.29, 1.82) is 0 Å². The Morgan fingerprint density at radius 2 is 1.80 bits per heavy atom. The van der Waals surface area contributed by atoms with Crippen molar-refractivity contribution in [2.24, 2.45) is 4.99 Å². The van der Waals surface area contributed by atoms with Crippen molar-refractivity contribution in [3.05, 3.63) is 64.7 Å². The summed E-state index contributed by atoms with van der Waals surface area (Å²) in [6, 6.07) is 15.7. The van der Waals surface area contributed by atoms with Gasteiger partial charge in [0.05, 0.1) is 5.69 Å². The van der Waals surface area contributed by atoms with Gasteiger partial charge in [0, 0.05) is 16.1 Å². The van der Waals surface area contributed by atoms with E-state index in [2.05, 4.69) is 24.9 Å². The summed E-state index contributed by atoms with van der Waals surface area (Å²) in [5.41, 5.74) is 2.73. The molecule has 0 aromatic heterocycles. The van der Waals surface area contributed by atoms with Gasteiger partial charge in [-0.05, 0) is 43.7 Å². The minimum atomic E-state index is -0.340. The molecule has 0 aliphatic carbocycles. The first kappa shape index (κ1) is 13.2. The van der Waals surface area contributed by atoms with Crippen LogP contribution in [0.1, 0.15) is 31.4 Å². The molecule has 102 valence electrons. The monoisotopic (exact) mass is 285 g/mol. The van der Waals surface area contributed by atoms with Gasteiger partial charge in [-0.15, -0.1) is 0 Å². The van der Waals surface area contributed by atoms with Crippen LogP contribution < -0.4 is 0 Å². The van der Waals surface area contributed by atoms with Crippen molar-refractivity contribution in [3.63, 3.8) is 0 Å². The Morgan fingerprint density at radius 1 is 1.10 bits per heavy atom. The van der Waals surface area contributed by atoms with Crippen molar-refractivity contribution in [3.8, 4) is 0 Å². The molecular weight excluding hydrogens is 270 g/mol. The maximum Gasteiger partial charge on any atom is 0.222 e. The van der Waals surface area contributed by atoms with E-state index in [0.717, 1.165) is 23.2 Å². The van der Waals surface area contributed by atoms with Crippen LogP contribution >= 0.6 is 11.6 Å². The lowest BCUT2D eigenvalue weighted by Crippen LogP contribution is -2.31. The van der Waals surface area contributed by atoms with Crippen LogP contribution in [-0.2, 0) is 10.3 Å². The van der Waals surface area contributed by atoms with Crippen molar-refractivity contribution in [1.82, 2.24) is 0 Å². The number of hydrogen-bond donors (Lipinski definition) is 0. The fourth-order valence-electron chi connectivity index (χ4n) is 2.40. The van der Waals surface area contributed by atoms with Gasteiger partial charge in [-0.1, -0.05) is 36.7 Å². The van der Waals surface area contributed by atoms with E-state index in [4.69, 9.17) is 16.3 Å². The molecule has 2 aromatic rings. The molecule has 0 saturated carbocycles. The second-order valence-corrected chi connectivity index (χ2v) is 5.56. The van der Waals surface area contributed by atoms with Gasteiger partial charge in [0.2, 0.25) is 5.90 Å². The molecule has 1 aliphatic rings. The highest BCUT2D eigenvalue weighted by Crippen LogP contribution is 2.40. The molecule has 0 N–H and O–H groups in total. The number of fused-ring (bicyclic) bond motifs is 1. The molecule has 1 unspecified atom stereocenters. The molecule has 1 heterocycles. The van der Waals surface area contributed by atoms with E-state index in [1.165, 1.54) is 0 Å². The Kier molecular flexibility index (Phi) is 3.27. The lowest BCUT2D eigenvalue weighted by atomic mass is 9.90. The standard InChI is InChI=1S/C17H16ClNO/c1-3-17(2)14-6-4-5-7-15(14)19-16(20-17)12-8-10-13(18)11-9-12/h4-11H,3H2,1-2H3. The van der Waals surface area contributed by atoms with Crippen molar-refractivity contribution in [2.45, 2.75) is 25.9 Å². The minimum absolute atomic E-state index is 0.340. The van der Waals surface area contributed by atoms with E-state index < -0.39 is 0 Å². The highest BCUT2D eigenvalue weighted by molar-refractivity contribution is 6.30. The fourth-order valence-corrected chi connectivity index (χ4v) is 2.52. The number of halogens is 1. The molecule has 0 amide bonds. The fraction of sp³-hybridized carbons (Fsp3) is 0.235. The summed E-state index contributed by atoms with van der Waals surface area (Å²) >= 11 is 5.93. The second-order valence-electron chi connectivity index (χ2n) is 5.13. The topological polar surface area (TPSA) is 21.6 Å². The zero-order valence-electron chi connectivity index (χ0n) is 11.6. The van der Waals surface area contributed by atoms with Crippen LogP contribution in [0, 0.1) is 0 Å². The largest absolute Gasteiger partial charge is 0.466 e. The van der Waals surface area contributed by atoms with E-state index in [-0.39, 0.29) is 5.60 Å². The number of benzene rings is 2. The van der Waals surface area contributed by atoms with Crippen molar-refractivity contribution < 1.29 is 4.74 Å². The molecule has 3 rings (SSSR count). The number of ether oxygens (including phenoxy) is 1. The number of para-hydroxylation sites is 1. The zero-order valence-corrected chi connectivity index (χ0v) is 12.3. The average molecular weight is 286 g/mol. The van der Waals surface area contributed by atoms with Gasteiger partial charge in [0.25, 0.3) is 0 Å². The predicted molar refractivity (Wildman–Crippen MR) is 82.8 cm³/mol. The molecule has 2 nitrogen and oxygen atoms in total. The summed E-state index contributed by atoms with van der Waals surface area (Å²) in [7, 11) is 0. The number of hydrogen-bond acceptors (Lipinski definition) is 2. The summed E-state index contributed by atoms with van der Waals surface area (Å²) < 4.78 is 6.18. The molecule has 1 aliphatic heterocycles. The van der Waals surface area contributed by atoms with Gasteiger partial charge in [0.1, 0.15) is 5.60 Å². The lowest BCUT2D eigenvalue weighted by molar-refractivity contribution is 0.0660. The van der Waals surface area contributed by atoms with Crippen LogP contribution in [-0.4, -0.2) is 5.90 Å². The lowest BCUT2D eigenvalue weighted by Gasteiger charge is -2.35. The summed E-state index contributed by atoms with van der Waals surface area (Å²) in [5, 5.41) is 0.712. The molecule has 0 saturated heterocycles. The van der Waals surface area contributed by atoms with Crippen LogP contribution in [0.2, 0.25) is 5.02 Å². The Bertz CT molecular complexity index is 663. The molecule has 2 aromatic carbocycles. The normalized spacial score (nSPS) is 20.9. The van der Waals surface area contributed by atoms with E-state index in [1.807, 2.05) is 42.5 Å². The minimum Gasteiger partial charge on any atom is -0.466 e. The van der Waals surface area contributed by atoms with Gasteiger partial charge in [-0.25, -0.2) is 4.99 Å². The summed E-state index contributed by atoms with van der Waals surface area (Å²) in [5.74, 6) is 0.657. The van der Waals surface area contributed by atoms with E-state index >= 15 is 0 Å². The summed E-state index contributed by atoms with van der Waals surface area (Å²) in [6.45, 7) is 4.23. The van der Waals surface area contributed by atoms with Crippen LogP contribution in [0.15, 0.2) is 53.5 Å². The molecule has 3 heteroatoms. The zero-order chi connectivity index (χ0) is 14.2. The first-order chi connectivity index (χ1) is 9.62. The van der Waals surface area contributed by atoms with E-state index in [1.54, 1.807) is 0 Å². The second kappa shape index (κ2) is 4.95. The number of aliphatic imine (C=N–C) groups is 1. The van der Waals surface area contributed by atoms with Crippen molar-refractivity contribution in [2.75, 3.05) is 0 Å². The first-order valence-corrected chi connectivity index (χ1v) is 7.13. The Labute approximate surface area is 124 Å². The molecule has 0 spiro atoms. The van der Waals surface area contributed by atoms with Gasteiger partial charge in [0.15, 0.2) is 0 Å². The smallest absolute Gasteiger partial charge is 0.222 e. The quantitative estimate of drug-likeness (QED) is 0.754. The van der Waals surface area contributed by atoms with Crippen LogP contribution in [0.3, 0.4) is 0 Å². The third kappa shape index (κ3) is 2.20. The molecule has 20 heavy (non-hydrogen) atoms. The molecule has 0 radical (unpaired) electrons. The maximum absolute atomic E-state index is 6.18. The van der Waals surface area contributed by atoms with Crippen LogP contribution in [0.25, 0.3) is 0 Å². The summed E-state index contributed by atoms with van der Waals surface area (Å²) in [6.07, 6.45) is 0.886. The van der Waals surface area contributed by atoms with Crippen LogP contribution in [0.5, 0.6) is 0 Å². The highest BCUT2D eigenvalue weighted by atomic mass is 35.5. The van der Waals surface area contributed by atoms with Gasteiger partial charge in [-0.2, -0.15) is 0 Å². The summed E-state index contributed by atoms with van der Waals surface area (Å²) in [4.78, 5) is 4.64. The molecule has 0 fully saturated rings. The number of nitrogens with zero attached hydrogens (tertiary/aromatic N) is 1. The van der Waals surface area contributed by atoms with Crippen LogP contribution in [0.4, 0.5) is 5.69 Å². The van der Waals surface area contributed by atoms with E-state index in [0.29, 0.717) is 10.9 Å². The molecular formula is C17H16ClNO. The van der Waals surface area contributed by atoms with Gasteiger partial charge >= 0.3 is 0 Å². The van der Waals surface area contributed by atoms with Crippen molar-refractivity contribution >= 4 is 23.2 Å². The highest BCUT2D eigenvalue weighted by Gasteiger charge is 2.34.